The van der Waals surface area contributed by atoms with Crippen molar-refractivity contribution in [2.24, 2.45) is 0 Å². The van der Waals surface area contributed by atoms with Gasteiger partial charge in [0.1, 0.15) is 0 Å². The van der Waals surface area contributed by atoms with Crippen LogP contribution in [0.4, 0.5) is 11.4 Å². The van der Waals surface area contributed by atoms with Gasteiger partial charge < -0.3 is 5.32 Å². The van der Waals surface area contributed by atoms with Crippen LogP contribution in [0.1, 0.15) is 20.7 Å². The molecule has 1 amide bonds. The number of hydrogen-bond acceptors (Lipinski definition) is 4. The Kier molecular flexibility index (Phi) is 1.84. The van der Waals surface area contributed by atoms with Crippen molar-refractivity contribution in [3.05, 3.63) is 53.9 Å². The molecule has 5 heteroatoms. The van der Waals surface area contributed by atoms with E-state index in [-0.39, 0.29) is 11.7 Å². The Balaban J connectivity index is 1.93. The third-order valence-electron chi connectivity index (χ3n) is 3.50. The van der Waals surface area contributed by atoms with Crippen LogP contribution < -0.4 is 10.2 Å². The number of para-hydroxylation sites is 1. The van der Waals surface area contributed by atoms with E-state index in [4.69, 9.17) is 0 Å². The summed E-state index contributed by atoms with van der Waals surface area (Å²) in [4.78, 5) is 30.3. The van der Waals surface area contributed by atoms with Gasteiger partial charge in [-0.15, -0.1) is 0 Å². The SMILES string of the molecule is O=C1c2ccccc2N2C(=O)c3cnccc3NC12. The number of Topliss-reactive ketones (excluding diaryl/α,β-unsaturated/α-hetero) is 1. The molecule has 0 fully saturated rings. The number of aromatic nitrogens is 1. The van der Waals surface area contributed by atoms with E-state index >= 15 is 0 Å². The molecular weight excluding hydrogens is 242 g/mol. The normalized spacial score (nSPS) is 19.6. The number of amides is 1. The second-order valence-corrected chi connectivity index (χ2v) is 4.52. The maximum Gasteiger partial charge on any atom is 0.264 e. The van der Waals surface area contributed by atoms with Crippen LogP contribution in [0.25, 0.3) is 0 Å². The lowest BCUT2D eigenvalue weighted by Crippen LogP contribution is -2.49. The number of carbonyl (C=O) groups excluding carboxylic acids is 2. The van der Waals surface area contributed by atoms with Gasteiger partial charge in [0, 0.05) is 18.0 Å². The van der Waals surface area contributed by atoms with Crippen molar-refractivity contribution >= 4 is 23.1 Å². The monoisotopic (exact) mass is 251 g/mol. The molecule has 3 heterocycles. The number of nitrogens with one attached hydrogen (secondary N) is 1. The fourth-order valence-corrected chi connectivity index (χ4v) is 2.62. The van der Waals surface area contributed by atoms with Crippen LogP contribution in [0.3, 0.4) is 0 Å². The van der Waals surface area contributed by atoms with Gasteiger partial charge >= 0.3 is 0 Å². The molecule has 0 aliphatic carbocycles. The smallest absolute Gasteiger partial charge is 0.264 e. The lowest BCUT2D eigenvalue weighted by Gasteiger charge is -2.31. The van der Waals surface area contributed by atoms with E-state index in [1.165, 1.54) is 11.1 Å². The van der Waals surface area contributed by atoms with Gasteiger partial charge in [0.2, 0.25) is 5.78 Å². The summed E-state index contributed by atoms with van der Waals surface area (Å²) in [5.74, 6) is -0.267. The van der Waals surface area contributed by atoms with E-state index in [2.05, 4.69) is 10.3 Å². The molecule has 2 aromatic rings. The van der Waals surface area contributed by atoms with E-state index < -0.39 is 6.17 Å². The van der Waals surface area contributed by atoms with Crippen LogP contribution in [0, 0.1) is 0 Å². The Morgan fingerprint density at radius 3 is 2.84 bits per heavy atom. The molecule has 0 bridgehead atoms. The Hall–Kier alpha value is -2.69. The van der Waals surface area contributed by atoms with Gasteiger partial charge in [0.25, 0.3) is 5.91 Å². The van der Waals surface area contributed by atoms with Crippen LogP contribution >= 0.6 is 0 Å². The first-order valence-corrected chi connectivity index (χ1v) is 5.95. The molecule has 0 spiro atoms. The fraction of sp³-hybridized carbons (Fsp3) is 0.0714. The Morgan fingerprint density at radius 2 is 1.95 bits per heavy atom. The predicted molar refractivity (Wildman–Crippen MR) is 69.2 cm³/mol. The number of fused-ring (bicyclic) bond motifs is 4. The quantitative estimate of drug-likeness (QED) is 0.773. The van der Waals surface area contributed by atoms with Crippen molar-refractivity contribution in [2.75, 3.05) is 10.2 Å². The molecule has 1 aromatic carbocycles. The topological polar surface area (TPSA) is 62.3 Å². The van der Waals surface area contributed by atoms with Gasteiger partial charge in [0.15, 0.2) is 6.17 Å². The van der Waals surface area contributed by atoms with Gasteiger partial charge in [-0.3, -0.25) is 19.5 Å². The second-order valence-electron chi connectivity index (χ2n) is 4.52. The first-order valence-electron chi connectivity index (χ1n) is 5.95. The van der Waals surface area contributed by atoms with Crippen molar-refractivity contribution in [2.45, 2.75) is 6.17 Å². The minimum Gasteiger partial charge on any atom is -0.358 e. The number of ketones is 1. The number of rotatable bonds is 0. The van der Waals surface area contributed by atoms with E-state index in [1.54, 1.807) is 30.5 Å². The number of pyridine rings is 1. The molecule has 1 atom stereocenters. The minimum absolute atomic E-state index is 0.0774. The summed E-state index contributed by atoms with van der Waals surface area (Å²) in [6.45, 7) is 0. The van der Waals surface area contributed by atoms with Crippen LogP contribution in [-0.2, 0) is 0 Å². The molecule has 1 aromatic heterocycles. The zero-order chi connectivity index (χ0) is 13.0. The van der Waals surface area contributed by atoms with E-state index in [0.29, 0.717) is 22.5 Å². The van der Waals surface area contributed by atoms with Crippen molar-refractivity contribution in [1.82, 2.24) is 4.98 Å². The number of anilines is 2. The minimum atomic E-state index is -0.639. The Labute approximate surface area is 108 Å². The van der Waals surface area contributed by atoms with Crippen molar-refractivity contribution in [1.29, 1.82) is 0 Å². The van der Waals surface area contributed by atoms with Crippen molar-refractivity contribution < 1.29 is 9.59 Å². The van der Waals surface area contributed by atoms with Crippen molar-refractivity contribution in [3.8, 4) is 0 Å². The molecule has 1 N–H and O–H groups in total. The summed E-state index contributed by atoms with van der Waals surface area (Å²) in [5, 5.41) is 3.10. The highest BCUT2D eigenvalue weighted by atomic mass is 16.2. The lowest BCUT2D eigenvalue weighted by molar-refractivity contribution is 0.0917. The number of carbonyl (C=O) groups is 2. The molecule has 0 radical (unpaired) electrons. The maximum atomic E-state index is 12.5. The lowest BCUT2D eigenvalue weighted by atomic mass is 10.1. The Morgan fingerprint density at radius 1 is 1.11 bits per heavy atom. The van der Waals surface area contributed by atoms with Crippen molar-refractivity contribution in [3.63, 3.8) is 0 Å². The zero-order valence-electron chi connectivity index (χ0n) is 9.83. The summed E-state index contributed by atoms with van der Waals surface area (Å²) in [5.41, 5.74) is 2.38. The Bertz CT molecular complexity index is 726. The number of benzene rings is 1. The van der Waals surface area contributed by atoms with Gasteiger partial charge in [-0.25, -0.2) is 0 Å². The third kappa shape index (κ3) is 1.21. The summed E-state index contributed by atoms with van der Waals surface area (Å²) < 4.78 is 0. The molecule has 2 aliphatic rings. The predicted octanol–water partition coefficient (Wildman–Crippen LogP) is 1.68. The maximum absolute atomic E-state index is 12.5. The zero-order valence-corrected chi connectivity index (χ0v) is 9.83. The third-order valence-corrected chi connectivity index (χ3v) is 3.50. The average Bonchev–Trinajstić information content (AvgIpc) is 2.74. The summed E-state index contributed by atoms with van der Waals surface area (Å²) in [6, 6.07) is 8.86. The average molecular weight is 251 g/mol. The van der Waals surface area contributed by atoms with Crippen LogP contribution in [0.5, 0.6) is 0 Å². The van der Waals surface area contributed by atoms with E-state index in [1.807, 2.05) is 6.07 Å². The molecule has 2 aliphatic heterocycles. The first kappa shape index (κ1) is 10.3. The molecular formula is C14H9N3O2. The molecule has 92 valence electrons. The molecule has 4 rings (SSSR count). The summed E-state index contributed by atoms with van der Waals surface area (Å²) >= 11 is 0. The summed E-state index contributed by atoms with van der Waals surface area (Å²) in [7, 11) is 0. The highest BCUT2D eigenvalue weighted by Crippen LogP contribution is 2.37. The van der Waals surface area contributed by atoms with Gasteiger partial charge in [0.05, 0.1) is 16.9 Å². The standard InChI is InChI=1S/C14H9N3O2/c18-12-8-3-1-2-4-11(8)17-13(12)16-10-5-6-15-7-9(10)14(17)19/h1-7,13,16H. The summed E-state index contributed by atoms with van der Waals surface area (Å²) in [6.07, 6.45) is 2.48. The highest BCUT2D eigenvalue weighted by Gasteiger charge is 2.44. The van der Waals surface area contributed by atoms with E-state index in [9.17, 15) is 9.59 Å². The number of nitrogens with zero attached hydrogens (tertiary/aromatic N) is 2. The van der Waals surface area contributed by atoms with Crippen LogP contribution in [0.2, 0.25) is 0 Å². The van der Waals surface area contributed by atoms with Gasteiger partial charge in [-0.05, 0) is 18.2 Å². The van der Waals surface area contributed by atoms with Crippen LogP contribution in [-0.4, -0.2) is 22.8 Å². The fourth-order valence-electron chi connectivity index (χ4n) is 2.62. The molecule has 19 heavy (non-hydrogen) atoms. The largest absolute Gasteiger partial charge is 0.358 e. The number of hydrogen-bond donors (Lipinski definition) is 1. The van der Waals surface area contributed by atoms with Gasteiger partial charge in [-0.2, -0.15) is 0 Å². The van der Waals surface area contributed by atoms with Crippen LogP contribution in [0.15, 0.2) is 42.7 Å². The molecule has 0 saturated carbocycles. The molecule has 1 unspecified atom stereocenters. The highest BCUT2D eigenvalue weighted by molar-refractivity contribution is 6.24. The molecule has 5 nitrogen and oxygen atoms in total. The van der Waals surface area contributed by atoms with Gasteiger partial charge in [-0.1, -0.05) is 12.1 Å². The second kappa shape index (κ2) is 3.41. The first-order chi connectivity index (χ1) is 9.27. The van der Waals surface area contributed by atoms with E-state index in [0.717, 1.165) is 0 Å². The molecule has 0 saturated heterocycles.